The number of hydrogen-bond acceptors (Lipinski definition) is 3. The van der Waals surface area contributed by atoms with Crippen LogP contribution in [-0.4, -0.2) is 12.6 Å². The number of nitrogens with two attached hydrogens (primary N) is 1. The lowest BCUT2D eigenvalue weighted by Crippen LogP contribution is -2.10. The molecule has 7 heteroatoms. The molecule has 1 aromatic carbocycles. The fourth-order valence-electron chi connectivity index (χ4n) is 1.53. The van der Waals surface area contributed by atoms with Crippen molar-refractivity contribution in [1.29, 1.82) is 0 Å². The predicted octanol–water partition coefficient (Wildman–Crippen LogP) is 2.23. The van der Waals surface area contributed by atoms with E-state index in [1.807, 2.05) is 0 Å². The van der Waals surface area contributed by atoms with Gasteiger partial charge in [-0.2, -0.15) is 13.2 Å². The summed E-state index contributed by atoms with van der Waals surface area (Å²) in [6, 6.07) is 2.04. The molecule has 0 fully saturated rings. The van der Waals surface area contributed by atoms with Gasteiger partial charge in [0.25, 0.3) is 6.02 Å². The summed E-state index contributed by atoms with van der Waals surface area (Å²) in [7, 11) is 0. The highest BCUT2D eigenvalue weighted by Gasteiger charge is 2.35. The van der Waals surface area contributed by atoms with Crippen LogP contribution < -0.4 is 5.73 Å². The van der Waals surface area contributed by atoms with Gasteiger partial charge in [0, 0.05) is 0 Å². The van der Waals surface area contributed by atoms with Gasteiger partial charge in [0.2, 0.25) is 0 Å². The molecule has 92 valence electrons. The van der Waals surface area contributed by atoms with E-state index in [1.54, 1.807) is 0 Å². The van der Waals surface area contributed by atoms with E-state index in [2.05, 4.69) is 4.99 Å². The Bertz CT molecular complexity index is 470. The lowest BCUT2D eigenvalue weighted by Gasteiger charge is -2.11. The van der Waals surface area contributed by atoms with Crippen LogP contribution in [0.4, 0.5) is 17.6 Å². The Hall–Kier alpha value is -1.79. The van der Waals surface area contributed by atoms with Crippen molar-refractivity contribution in [3.05, 3.63) is 35.1 Å². The lowest BCUT2D eigenvalue weighted by molar-refractivity contribution is -0.140. The van der Waals surface area contributed by atoms with E-state index in [9.17, 15) is 17.6 Å². The summed E-state index contributed by atoms with van der Waals surface area (Å²) in [6.07, 6.45) is -4.73. The summed E-state index contributed by atoms with van der Waals surface area (Å²) < 4.78 is 55.2. The van der Waals surface area contributed by atoms with Gasteiger partial charge in [0.15, 0.2) is 0 Å². The standard InChI is InChI=1S/C10H8F4N2O/c11-7-2-1-5(3-6(7)10(12,13)14)8-4-17-9(15)16-8/h1-3,8H,4H2,(H2,15,16). The Morgan fingerprint density at radius 1 is 1.35 bits per heavy atom. The number of hydrogen-bond donors (Lipinski definition) is 1. The second kappa shape index (κ2) is 3.90. The number of halogens is 4. The molecule has 0 aromatic heterocycles. The number of ether oxygens (including phenoxy) is 1. The van der Waals surface area contributed by atoms with E-state index in [-0.39, 0.29) is 18.2 Å². The van der Waals surface area contributed by atoms with E-state index < -0.39 is 23.6 Å². The molecular formula is C10H8F4N2O. The maximum atomic E-state index is 13.0. The third-order valence-electron chi connectivity index (χ3n) is 2.35. The second-order valence-electron chi connectivity index (χ2n) is 3.53. The first-order chi connectivity index (χ1) is 7.88. The van der Waals surface area contributed by atoms with Gasteiger partial charge in [-0.3, -0.25) is 0 Å². The SMILES string of the molecule is NC1=NC(c2ccc(F)c(C(F)(F)F)c2)CO1. The normalized spacial score (nSPS) is 20.0. The van der Waals surface area contributed by atoms with Crippen molar-refractivity contribution in [3.63, 3.8) is 0 Å². The van der Waals surface area contributed by atoms with Crippen molar-refractivity contribution in [2.75, 3.05) is 6.61 Å². The summed E-state index contributed by atoms with van der Waals surface area (Å²) in [6.45, 7) is 0.0642. The second-order valence-corrected chi connectivity index (χ2v) is 3.53. The average molecular weight is 248 g/mol. The Kier molecular flexibility index (Phi) is 2.68. The van der Waals surface area contributed by atoms with Crippen molar-refractivity contribution < 1.29 is 22.3 Å². The Labute approximate surface area is 93.9 Å². The monoisotopic (exact) mass is 248 g/mol. The molecule has 1 aliphatic rings. The van der Waals surface area contributed by atoms with Crippen LogP contribution in [0.2, 0.25) is 0 Å². The van der Waals surface area contributed by atoms with Crippen molar-refractivity contribution >= 4 is 6.02 Å². The topological polar surface area (TPSA) is 47.6 Å². The number of amidine groups is 1. The molecule has 1 aromatic rings. The minimum absolute atomic E-state index is 0.0642. The fraction of sp³-hybridized carbons (Fsp3) is 0.300. The Morgan fingerprint density at radius 2 is 2.06 bits per heavy atom. The van der Waals surface area contributed by atoms with Gasteiger partial charge in [-0.05, 0) is 17.7 Å². The molecule has 2 N–H and O–H groups in total. The molecular weight excluding hydrogens is 240 g/mol. The average Bonchev–Trinajstić information content (AvgIpc) is 2.64. The van der Waals surface area contributed by atoms with Crippen LogP contribution >= 0.6 is 0 Å². The minimum Gasteiger partial charge on any atom is -0.463 e. The largest absolute Gasteiger partial charge is 0.463 e. The van der Waals surface area contributed by atoms with Crippen LogP contribution in [0.3, 0.4) is 0 Å². The quantitative estimate of drug-likeness (QED) is 0.775. The van der Waals surface area contributed by atoms with Gasteiger partial charge < -0.3 is 10.5 Å². The number of rotatable bonds is 1. The predicted molar refractivity (Wildman–Crippen MR) is 51.7 cm³/mol. The molecule has 1 heterocycles. The molecule has 0 saturated heterocycles. The van der Waals surface area contributed by atoms with Crippen LogP contribution in [0.25, 0.3) is 0 Å². The highest BCUT2D eigenvalue weighted by atomic mass is 19.4. The Balaban J connectivity index is 2.38. The first kappa shape index (κ1) is 11.7. The van der Waals surface area contributed by atoms with Gasteiger partial charge in [-0.25, -0.2) is 9.38 Å². The molecule has 2 rings (SSSR count). The first-order valence-corrected chi connectivity index (χ1v) is 4.70. The van der Waals surface area contributed by atoms with Crippen LogP contribution in [-0.2, 0) is 10.9 Å². The van der Waals surface area contributed by atoms with Crippen molar-refractivity contribution in [2.24, 2.45) is 10.7 Å². The van der Waals surface area contributed by atoms with Gasteiger partial charge >= 0.3 is 6.18 Å². The third kappa shape index (κ3) is 2.32. The molecule has 1 atom stereocenters. The summed E-state index contributed by atoms with van der Waals surface area (Å²) in [5.74, 6) is -1.31. The number of alkyl halides is 3. The van der Waals surface area contributed by atoms with E-state index in [0.717, 1.165) is 12.1 Å². The maximum Gasteiger partial charge on any atom is 0.419 e. The zero-order valence-corrected chi connectivity index (χ0v) is 8.46. The summed E-state index contributed by atoms with van der Waals surface area (Å²) >= 11 is 0. The van der Waals surface area contributed by atoms with E-state index >= 15 is 0 Å². The molecule has 1 unspecified atom stereocenters. The molecule has 0 radical (unpaired) electrons. The molecule has 0 saturated carbocycles. The zero-order valence-electron chi connectivity index (χ0n) is 8.46. The van der Waals surface area contributed by atoms with Gasteiger partial charge in [0.05, 0.1) is 5.56 Å². The lowest BCUT2D eigenvalue weighted by atomic mass is 10.0. The summed E-state index contributed by atoms with van der Waals surface area (Å²) in [5, 5.41) is 0. The Morgan fingerprint density at radius 3 is 2.59 bits per heavy atom. The van der Waals surface area contributed by atoms with Gasteiger partial charge in [-0.15, -0.1) is 0 Å². The van der Waals surface area contributed by atoms with Crippen LogP contribution in [0.1, 0.15) is 17.2 Å². The summed E-state index contributed by atoms with van der Waals surface area (Å²) in [4.78, 5) is 3.79. The first-order valence-electron chi connectivity index (χ1n) is 4.70. The molecule has 0 amide bonds. The van der Waals surface area contributed by atoms with E-state index in [1.165, 1.54) is 6.07 Å². The van der Waals surface area contributed by atoms with Crippen LogP contribution in [0.15, 0.2) is 23.2 Å². The number of nitrogens with zero attached hydrogens (tertiary/aromatic N) is 1. The summed E-state index contributed by atoms with van der Waals surface area (Å²) in [5.41, 5.74) is 4.16. The van der Waals surface area contributed by atoms with Crippen LogP contribution in [0, 0.1) is 5.82 Å². The molecule has 1 aliphatic heterocycles. The molecule has 3 nitrogen and oxygen atoms in total. The van der Waals surface area contributed by atoms with Crippen molar-refractivity contribution in [3.8, 4) is 0 Å². The fourth-order valence-corrected chi connectivity index (χ4v) is 1.53. The molecule has 0 bridgehead atoms. The van der Waals surface area contributed by atoms with Crippen molar-refractivity contribution in [2.45, 2.75) is 12.2 Å². The molecule has 17 heavy (non-hydrogen) atoms. The number of aliphatic imine (C=N–C) groups is 1. The highest BCUT2D eigenvalue weighted by Crippen LogP contribution is 2.34. The zero-order chi connectivity index (χ0) is 12.6. The highest BCUT2D eigenvalue weighted by molar-refractivity contribution is 5.73. The maximum absolute atomic E-state index is 13.0. The number of benzene rings is 1. The minimum atomic E-state index is -4.73. The van der Waals surface area contributed by atoms with Gasteiger partial charge in [0.1, 0.15) is 18.5 Å². The molecule has 0 spiro atoms. The van der Waals surface area contributed by atoms with E-state index in [0.29, 0.717) is 0 Å². The third-order valence-corrected chi connectivity index (χ3v) is 2.35. The molecule has 0 aliphatic carbocycles. The van der Waals surface area contributed by atoms with E-state index in [4.69, 9.17) is 10.5 Å². The smallest absolute Gasteiger partial charge is 0.419 e. The van der Waals surface area contributed by atoms with Crippen LogP contribution in [0.5, 0.6) is 0 Å². The van der Waals surface area contributed by atoms with Crippen molar-refractivity contribution in [1.82, 2.24) is 0 Å². The van der Waals surface area contributed by atoms with Gasteiger partial charge in [-0.1, -0.05) is 6.07 Å².